The number of amides is 1. The molecule has 1 aromatic heterocycles. The molecule has 6 heteroatoms. The minimum Gasteiger partial charge on any atom is -0.487 e. The van der Waals surface area contributed by atoms with Crippen LogP contribution in [0.4, 0.5) is 5.95 Å². The van der Waals surface area contributed by atoms with Crippen LogP contribution in [0.3, 0.4) is 0 Å². The third kappa shape index (κ3) is 3.97. The van der Waals surface area contributed by atoms with Gasteiger partial charge in [-0.3, -0.25) is 4.79 Å². The summed E-state index contributed by atoms with van der Waals surface area (Å²) in [5, 5.41) is 0. The summed E-state index contributed by atoms with van der Waals surface area (Å²) in [6.07, 6.45) is 0. The van der Waals surface area contributed by atoms with Gasteiger partial charge >= 0.3 is 0 Å². The molecule has 1 amide bonds. The predicted octanol–water partition coefficient (Wildman–Crippen LogP) is 2.34. The molecule has 0 bridgehead atoms. The van der Waals surface area contributed by atoms with Gasteiger partial charge in [-0.15, -0.1) is 0 Å². The summed E-state index contributed by atoms with van der Waals surface area (Å²) in [6, 6.07) is 7.82. The van der Waals surface area contributed by atoms with Crippen molar-refractivity contribution < 1.29 is 9.53 Å². The van der Waals surface area contributed by atoms with E-state index in [9.17, 15) is 4.79 Å². The molecule has 2 aromatic rings. The molecule has 6 nitrogen and oxygen atoms in total. The first-order valence-corrected chi connectivity index (χ1v) is 7.34. The summed E-state index contributed by atoms with van der Waals surface area (Å²) in [5.41, 5.74) is 13.4. The molecular formula is C17H22N4O2. The predicted molar refractivity (Wildman–Crippen MR) is 89.2 cm³/mol. The Kier molecular flexibility index (Phi) is 4.54. The van der Waals surface area contributed by atoms with Crippen molar-refractivity contribution in [3.63, 3.8) is 0 Å². The summed E-state index contributed by atoms with van der Waals surface area (Å²) in [4.78, 5) is 19.6. The van der Waals surface area contributed by atoms with Crippen molar-refractivity contribution in [2.45, 2.75) is 39.7 Å². The first-order chi connectivity index (χ1) is 10.7. The van der Waals surface area contributed by atoms with Gasteiger partial charge < -0.3 is 16.2 Å². The number of nitrogens with two attached hydrogens (primary N) is 2. The van der Waals surface area contributed by atoms with E-state index in [-0.39, 0.29) is 23.5 Å². The second-order valence-electron chi connectivity index (χ2n) is 6.42. The third-order valence-corrected chi connectivity index (χ3v) is 3.52. The highest BCUT2D eigenvalue weighted by Gasteiger charge is 2.17. The van der Waals surface area contributed by atoms with Crippen molar-refractivity contribution >= 4 is 11.9 Å². The molecule has 0 atom stereocenters. The highest BCUT2D eigenvalue weighted by Crippen LogP contribution is 2.24. The van der Waals surface area contributed by atoms with Gasteiger partial charge in [0.1, 0.15) is 12.4 Å². The van der Waals surface area contributed by atoms with Crippen LogP contribution in [-0.4, -0.2) is 15.9 Å². The van der Waals surface area contributed by atoms with Crippen LogP contribution in [0.15, 0.2) is 24.3 Å². The first-order valence-electron chi connectivity index (χ1n) is 7.34. The monoisotopic (exact) mass is 314 g/mol. The summed E-state index contributed by atoms with van der Waals surface area (Å²) in [7, 11) is 0. The first kappa shape index (κ1) is 16.7. The molecule has 122 valence electrons. The molecule has 1 aromatic carbocycles. The lowest BCUT2D eigenvalue weighted by Crippen LogP contribution is -2.20. The van der Waals surface area contributed by atoms with Crippen molar-refractivity contribution in [1.82, 2.24) is 9.97 Å². The molecular weight excluding hydrogens is 292 g/mol. The number of benzene rings is 1. The molecule has 0 aliphatic carbocycles. The number of carbonyl (C=O) groups excluding carboxylic acids is 1. The highest BCUT2D eigenvalue weighted by atomic mass is 16.5. The Morgan fingerprint density at radius 3 is 2.30 bits per heavy atom. The van der Waals surface area contributed by atoms with Crippen molar-refractivity contribution in [3.8, 4) is 5.75 Å². The van der Waals surface area contributed by atoms with Crippen molar-refractivity contribution in [2.75, 3.05) is 5.73 Å². The molecule has 1 heterocycles. The lowest BCUT2D eigenvalue weighted by Gasteiger charge is -2.19. The Labute approximate surface area is 135 Å². The van der Waals surface area contributed by atoms with Gasteiger partial charge in [0, 0.05) is 0 Å². The maximum atomic E-state index is 11.6. The highest BCUT2D eigenvalue weighted by molar-refractivity contribution is 5.95. The number of nitrogens with zero attached hydrogens (tertiary/aromatic N) is 2. The van der Waals surface area contributed by atoms with Crippen LogP contribution in [0, 0.1) is 6.92 Å². The number of anilines is 1. The molecule has 0 unspecified atom stereocenters. The van der Waals surface area contributed by atoms with Gasteiger partial charge in [0.05, 0.1) is 17.0 Å². The molecule has 0 saturated heterocycles. The number of aromatic nitrogens is 2. The van der Waals surface area contributed by atoms with Crippen LogP contribution in [0.5, 0.6) is 5.75 Å². The molecule has 2 rings (SSSR count). The number of primary amides is 1. The zero-order valence-corrected chi connectivity index (χ0v) is 13.9. The smallest absolute Gasteiger partial charge is 0.252 e. The van der Waals surface area contributed by atoms with E-state index >= 15 is 0 Å². The van der Waals surface area contributed by atoms with Gasteiger partial charge in [0.25, 0.3) is 5.91 Å². The number of aryl methyl sites for hydroxylation is 1. The van der Waals surface area contributed by atoms with E-state index in [1.807, 2.05) is 24.3 Å². The van der Waals surface area contributed by atoms with Gasteiger partial charge in [-0.05, 0) is 30.0 Å². The van der Waals surface area contributed by atoms with Crippen LogP contribution in [0.1, 0.15) is 48.1 Å². The molecule has 0 spiro atoms. The third-order valence-electron chi connectivity index (χ3n) is 3.52. The normalized spacial score (nSPS) is 11.3. The lowest BCUT2D eigenvalue weighted by molar-refractivity contribution is 0.0996. The van der Waals surface area contributed by atoms with Crippen LogP contribution < -0.4 is 16.2 Å². The van der Waals surface area contributed by atoms with Crippen molar-refractivity contribution in [1.29, 1.82) is 0 Å². The van der Waals surface area contributed by atoms with E-state index in [2.05, 4.69) is 30.7 Å². The maximum Gasteiger partial charge on any atom is 0.252 e. The van der Waals surface area contributed by atoms with Crippen molar-refractivity contribution in [3.05, 3.63) is 46.8 Å². The Morgan fingerprint density at radius 1 is 1.17 bits per heavy atom. The van der Waals surface area contributed by atoms with Gasteiger partial charge in [0.2, 0.25) is 5.95 Å². The Hall–Kier alpha value is -2.63. The average Bonchev–Trinajstić information content (AvgIpc) is 2.43. The Bertz CT molecular complexity index is 719. The number of carbonyl (C=O) groups is 1. The van der Waals surface area contributed by atoms with E-state index in [0.29, 0.717) is 17.1 Å². The van der Waals surface area contributed by atoms with Gasteiger partial charge in [-0.25, -0.2) is 9.97 Å². The quantitative estimate of drug-likeness (QED) is 0.901. The summed E-state index contributed by atoms with van der Waals surface area (Å²) in [6.45, 7) is 8.21. The van der Waals surface area contributed by atoms with Crippen LogP contribution in [0.2, 0.25) is 0 Å². The Morgan fingerprint density at radius 2 is 1.78 bits per heavy atom. The topological polar surface area (TPSA) is 104 Å². The second kappa shape index (κ2) is 6.24. The molecule has 4 N–H and O–H groups in total. The molecule has 23 heavy (non-hydrogen) atoms. The molecule has 0 aliphatic heterocycles. The van der Waals surface area contributed by atoms with Crippen LogP contribution >= 0.6 is 0 Å². The summed E-state index contributed by atoms with van der Waals surface area (Å²) in [5.74, 6) is 0.182. The standard InChI is InChI=1S/C17H22N4O2/c1-10-14(15(18)22)13(21-16(19)20-10)9-23-12-7-5-11(6-8-12)17(2,3)4/h5-8H,9H2,1-4H3,(H2,18,22)(H2,19,20,21). The SMILES string of the molecule is Cc1nc(N)nc(COc2ccc(C(C)(C)C)cc2)c1C(N)=O. The minimum absolute atomic E-state index is 0.0793. The number of hydrogen-bond donors (Lipinski definition) is 2. The zero-order chi connectivity index (χ0) is 17.2. The van der Waals surface area contributed by atoms with E-state index < -0.39 is 5.91 Å². The summed E-state index contributed by atoms with van der Waals surface area (Å²) >= 11 is 0. The van der Waals surface area contributed by atoms with Gasteiger partial charge in [-0.2, -0.15) is 0 Å². The van der Waals surface area contributed by atoms with E-state index in [0.717, 1.165) is 0 Å². The van der Waals surface area contributed by atoms with E-state index in [1.54, 1.807) is 6.92 Å². The number of rotatable bonds is 4. The fraction of sp³-hybridized carbons (Fsp3) is 0.353. The lowest BCUT2D eigenvalue weighted by atomic mass is 9.87. The number of ether oxygens (including phenoxy) is 1. The van der Waals surface area contributed by atoms with E-state index in [4.69, 9.17) is 16.2 Å². The second-order valence-corrected chi connectivity index (χ2v) is 6.42. The molecule has 0 fully saturated rings. The van der Waals surface area contributed by atoms with Gasteiger partial charge in [-0.1, -0.05) is 32.9 Å². The molecule has 0 radical (unpaired) electrons. The number of nitrogen functional groups attached to an aromatic ring is 1. The van der Waals surface area contributed by atoms with Gasteiger partial charge in [0.15, 0.2) is 0 Å². The van der Waals surface area contributed by atoms with E-state index in [1.165, 1.54) is 5.56 Å². The van der Waals surface area contributed by atoms with Crippen molar-refractivity contribution in [2.24, 2.45) is 5.73 Å². The zero-order valence-electron chi connectivity index (χ0n) is 13.9. The molecule has 0 aliphatic rings. The summed E-state index contributed by atoms with van der Waals surface area (Å²) < 4.78 is 5.71. The minimum atomic E-state index is -0.593. The van der Waals surface area contributed by atoms with Crippen LogP contribution in [-0.2, 0) is 12.0 Å². The maximum absolute atomic E-state index is 11.6. The average molecular weight is 314 g/mol. The molecule has 0 saturated carbocycles. The fourth-order valence-corrected chi connectivity index (χ4v) is 2.28. The fourth-order valence-electron chi connectivity index (χ4n) is 2.28. The van der Waals surface area contributed by atoms with Crippen LogP contribution in [0.25, 0.3) is 0 Å². The number of hydrogen-bond acceptors (Lipinski definition) is 5. The Balaban J connectivity index is 2.20. The largest absolute Gasteiger partial charge is 0.487 e.